The van der Waals surface area contributed by atoms with E-state index in [4.69, 9.17) is 0 Å². The van der Waals surface area contributed by atoms with E-state index in [-0.39, 0.29) is 0 Å². The topological polar surface area (TPSA) is 24.4 Å². The number of aliphatic imine (C=N–C) groups is 1. The Morgan fingerprint density at radius 2 is 2.25 bits per heavy atom. The van der Waals surface area contributed by atoms with E-state index in [1.54, 1.807) is 0 Å². The number of nitrogens with one attached hydrogen (secondary N) is 1. The number of hydrogen-bond donors (Lipinski definition) is 1. The van der Waals surface area contributed by atoms with Crippen molar-refractivity contribution in [1.82, 2.24) is 5.32 Å². The lowest BCUT2D eigenvalue weighted by atomic mass is 10.1. The second kappa shape index (κ2) is 4.69. The van der Waals surface area contributed by atoms with E-state index < -0.39 is 0 Å². The fourth-order valence-corrected chi connectivity index (χ4v) is 2.36. The highest BCUT2D eigenvalue weighted by molar-refractivity contribution is 5.89. The Labute approximate surface area is 97.8 Å². The summed E-state index contributed by atoms with van der Waals surface area (Å²) in [6, 6.07) is 0. The van der Waals surface area contributed by atoms with Gasteiger partial charge in [0.2, 0.25) is 0 Å². The minimum atomic E-state index is 0.940. The Hall–Kier alpha value is -1.31. The average Bonchev–Trinajstić information content (AvgIpc) is 2.77. The Kier molecular flexibility index (Phi) is 3.28. The van der Waals surface area contributed by atoms with Crippen molar-refractivity contribution < 1.29 is 0 Å². The first-order valence-electron chi connectivity index (χ1n) is 6.10. The van der Waals surface area contributed by atoms with Crippen LogP contribution >= 0.6 is 0 Å². The standard InChI is InChI=1S/C14H20N2/c1-4-15-13-7-5-6-12(13)9-14-10(2)8-11(3)16-14/h9,15H,2,4-8H2,1,3H3/b14-9-. The highest BCUT2D eigenvalue weighted by atomic mass is 14.9. The van der Waals surface area contributed by atoms with Crippen LogP contribution in [0.3, 0.4) is 0 Å². The van der Waals surface area contributed by atoms with Crippen LogP contribution in [0.1, 0.15) is 39.5 Å². The maximum atomic E-state index is 4.54. The van der Waals surface area contributed by atoms with Crippen molar-refractivity contribution in [2.75, 3.05) is 6.54 Å². The molecule has 0 spiro atoms. The molecule has 2 aliphatic rings. The minimum Gasteiger partial charge on any atom is -0.388 e. The third-order valence-corrected chi connectivity index (χ3v) is 3.10. The summed E-state index contributed by atoms with van der Waals surface area (Å²) in [7, 11) is 0. The van der Waals surface area contributed by atoms with E-state index in [1.165, 1.54) is 36.2 Å². The summed E-state index contributed by atoms with van der Waals surface area (Å²) in [6.45, 7) is 9.29. The number of nitrogens with zero attached hydrogens (tertiary/aromatic N) is 1. The first kappa shape index (κ1) is 11.2. The van der Waals surface area contributed by atoms with Crippen molar-refractivity contribution in [1.29, 1.82) is 0 Å². The lowest BCUT2D eigenvalue weighted by Crippen LogP contribution is -2.11. The van der Waals surface area contributed by atoms with Gasteiger partial charge in [0.15, 0.2) is 0 Å². The fourth-order valence-electron chi connectivity index (χ4n) is 2.36. The molecule has 0 aromatic heterocycles. The molecule has 2 rings (SSSR count). The van der Waals surface area contributed by atoms with Crippen LogP contribution in [0.25, 0.3) is 0 Å². The van der Waals surface area contributed by atoms with Gasteiger partial charge in [0, 0.05) is 24.4 Å². The summed E-state index contributed by atoms with van der Waals surface area (Å²) < 4.78 is 0. The molecule has 86 valence electrons. The first-order valence-corrected chi connectivity index (χ1v) is 6.10. The van der Waals surface area contributed by atoms with E-state index in [0.717, 1.165) is 24.2 Å². The highest BCUT2D eigenvalue weighted by Crippen LogP contribution is 2.30. The SMILES string of the molecule is C=C1CC(C)=N/C1=C\C1=C(NCC)CCC1. The molecule has 1 heterocycles. The molecular weight excluding hydrogens is 196 g/mol. The van der Waals surface area contributed by atoms with E-state index in [9.17, 15) is 0 Å². The van der Waals surface area contributed by atoms with Crippen molar-refractivity contribution in [3.8, 4) is 0 Å². The minimum absolute atomic E-state index is 0.940. The van der Waals surface area contributed by atoms with E-state index in [2.05, 4.69) is 36.8 Å². The maximum absolute atomic E-state index is 4.54. The lowest BCUT2D eigenvalue weighted by molar-refractivity contribution is 0.789. The highest BCUT2D eigenvalue weighted by Gasteiger charge is 2.16. The van der Waals surface area contributed by atoms with Gasteiger partial charge in [-0.15, -0.1) is 0 Å². The van der Waals surface area contributed by atoms with Crippen LogP contribution in [0.2, 0.25) is 0 Å². The third kappa shape index (κ3) is 2.26. The summed E-state index contributed by atoms with van der Waals surface area (Å²) in [4.78, 5) is 4.54. The summed E-state index contributed by atoms with van der Waals surface area (Å²) in [6.07, 6.45) is 6.78. The molecule has 1 N–H and O–H groups in total. The second-order valence-corrected chi connectivity index (χ2v) is 4.54. The van der Waals surface area contributed by atoms with Crippen LogP contribution in [-0.2, 0) is 0 Å². The molecule has 0 fully saturated rings. The smallest absolute Gasteiger partial charge is 0.0662 e. The molecule has 0 atom stereocenters. The number of rotatable bonds is 3. The molecule has 16 heavy (non-hydrogen) atoms. The van der Waals surface area contributed by atoms with Gasteiger partial charge in [0.05, 0.1) is 5.70 Å². The van der Waals surface area contributed by atoms with E-state index in [1.807, 2.05) is 0 Å². The zero-order valence-electron chi connectivity index (χ0n) is 10.3. The molecule has 1 aliphatic heterocycles. The van der Waals surface area contributed by atoms with Crippen LogP contribution in [0.4, 0.5) is 0 Å². The van der Waals surface area contributed by atoms with Gasteiger partial charge in [0.25, 0.3) is 0 Å². The van der Waals surface area contributed by atoms with E-state index >= 15 is 0 Å². The number of hydrogen-bond acceptors (Lipinski definition) is 2. The summed E-state index contributed by atoms with van der Waals surface area (Å²) >= 11 is 0. The zero-order chi connectivity index (χ0) is 11.5. The molecule has 0 saturated heterocycles. The van der Waals surface area contributed by atoms with Crippen LogP contribution < -0.4 is 5.32 Å². The Bertz CT molecular complexity index is 397. The molecule has 0 saturated carbocycles. The van der Waals surface area contributed by atoms with Gasteiger partial charge in [-0.1, -0.05) is 6.58 Å². The molecule has 0 amide bonds. The molecule has 0 unspecified atom stereocenters. The molecule has 0 aromatic rings. The monoisotopic (exact) mass is 216 g/mol. The normalized spacial score (nSPS) is 23.2. The summed E-state index contributed by atoms with van der Waals surface area (Å²) in [5.74, 6) is 0. The van der Waals surface area contributed by atoms with Gasteiger partial charge in [-0.05, 0) is 50.3 Å². The van der Waals surface area contributed by atoms with Crippen molar-refractivity contribution in [3.05, 3.63) is 35.2 Å². The number of allylic oxidation sites excluding steroid dienone is 4. The van der Waals surface area contributed by atoms with Gasteiger partial charge in [-0.2, -0.15) is 0 Å². The van der Waals surface area contributed by atoms with Gasteiger partial charge in [0.1, 0.15) is 0 Å². The lowest BCUT2D eigenvalue weighted by Gasteiger charge is -2.06. The molecule has 0 bridgehead atoms. The van der Waals surface area contributed by atoms with Gasteiger partial charge in [-0.3, -0.25) is 4.99 Å². The second-order valence-electron chi connectivity index (χ2n) is 4.54. The maximum Gasteiger partial charge on any atom is 0.0662 e. The Morgan fingerprint density at radius 3 is 2.88 bits per heavy atom. The predicted molar refractivity (Wildman–Crippen MR) is 69.5 cm³/mol. The van der Waals surface area contributed by atoms with Gasteiger partial charge in [-0.25, -0.2) is 0 Å². The van der Waals surface area contributed by atoms with Gasteiger partial charge >= 0.3 is 0 Å². The van der Waals surface area contributed by atoms with Crippen LogP contribution in [0.5, 0.6) is 0 Å². The Balaban J connectivity index is 2.22. The fraction of sp³-hybridized carbons (Fsp3) is 0.500. The first-order chi connectivity index (χ1) is 7.70. The summed E-state index contributed by atoms with van der Waals surface area (Å²) in [5, 5.41) is 3.45. The molecular formula is C14H20N2. The molecule has 0 radical (unpaired) electrons. The van der Waals surface area contributed by atoms with Crippen LogP contribution in [0.15, 0.2) is 40.2 Å². The average molecular weight is 216 g/mol. The quantitative estimate of drug-likeness (QED) is 0.768. The Morgan fingerprint density at radius 1 is 1.44 bits per heavy atom. The van der Waals surface area contributed by atoms with E-state index in [0.29, 0.717) is 0 Å². The zero-order valence-corrected chi connectivity index (χ0v) is 10.3. The van der Waals surface area contributed by atoms with Crippen LogP contribution in [-0.4, -0.2) is 12.3 Å². The molecule has 0 aromatic carbocycles. The predicted octanol–water partition coefficient (Wildman–Crippen LogP) is 3.34. The molecule has 1 aliphatic carbocycles. The summed E-state index contributed by atoms with van der Waals surface area (Å²) in [5.41, 5.74) is 6.26. The third-order valence-electron chi connectivity index (χ3n) is 3.10. The van der Waals surface area contributed by atoms with Crippen molar-refractivity contribution >= 4 is 5.71 Å². The van der Waals surface area contributed by atoms with Crippen LogP contribution in [0, 0.1) is 0 Å². The van der Waals surface area contributed by atoms with Crippen molar-refractivity contribution in [3.63, 3.8) is 0 Å². The van der Waals surface area contributed by atoms with Crippen molar-refractivity contribution in [2.45, 2.75) is 39.5 Å². The van der Waals surface area contributed by atoms with Crippen molar-refractivity contribution in [2.24, 2.45) is 4.99 Å². The molecule has 2 heteroatoms. The molecule has 2 nitrogen and oxygen atoms in total. The van der Waals surface area contributed by atoms with Gasteiger partial charge < -0.3 is 5.32 Å². The largest absolute Gasteiger partial charge is 0.388 e.